The third-order valence-electron chi connectivity index (χ3n) is 7.30. The fraction of sp³-hybridized carbons (Fsp3) is 0.226. The molecule has 0 atom stereocenters. The average Bonchev–Trinajstić information content (AvgIpc) is 3.79. The van der Waals surface area contributed by atoms with E-state index in [0.717, 1.165) is 40.6 Å². The lowest BCUT2D eigenvalue weighted by molar-refractivity contribution is 0.0950. The molecule has 0 aliphatic rings. The fourth-order valence-electron chi connectivity index (χ4n) is 5.22. The van der Waals surface area contributed by atoms with E-state index < -0.39 is 0 Å². The molecule has 42 heavy (non-hydrogen) atoms. The van der Waals surface area contributed by atoms with Gasteiger partial charge in [0, 0.05) is 41.7 Å². The van der Waals surface area contributed by atoms with Crippen molar-refractivity contribution in [3.63, 3.8) is 0 Å². The third kappa shape index (κ3) is 5.62. The van der Waals surface area contributed by atoms with Crippen molar-refractivity contribution in [2.45, 2.75) is 39.3 Å². The average molecular weight is 563 g/mol. The van der Waals surface area contributed by atoms with Crippen LogP contribution in [-0.4, -0.2) is 48.3 Å². The topological polar surface area (TPSA) is 137 Å². The molecule has 11 nitrogen and oxygen atoms in total. The molecule has 0 spiro atoms. The minimum Gasteiger partial charge on any atom is -0.481 e. The van der Waals surface area contributed by atoms with Crippen LogP contribution in [0, 0.1) is 6.92 Å². The molecule has 2 N–H and O–H groups in total. The number of nitrogens with zero attached hydrogens (tertiary/aromatic N) is 6. The molecule has 6 aromatic rings. The Morgan fingerprint density at radius 1 is 1.07 bits per heavy atom. The highest BCUT2D eigenvalue weighted by molar-refractivity contribution is 6.01. The molecular weight excluding hydrogens is 532 g/mol. The highest BCUT2D eigenvalue weighted by Gasteiger charge is 2.23. The molecule has 0 aliphatic carbocycles. The Bertz CT molecular complexity index is 1790. The third-order valence-corrected chi connectivity index (χ3v) is 7.30. The first-order chi connectivity index (χ1) is 20.6. The summed E-state index contributed by atoms with van der Waals surface area (Å²) in [4.78, 5) is 17.7. The van der Waals surface area contributed by atoms with Gasteiger partial charge in [-0.2, -0.15) is 5.21 Å². The van der Waals surface area contributed by atoms with E-state index in [-0.39, 0.29) is 12.5 Å². The van der Waals surface area contributed by atoms with Crippen molar-refractivity contribution in [2.75, 3.05) is 7.11 Å². The maximum atomic E-state index is 13.2. The number of hydrogen-bond donors (Lipinski definition) is 2. The molecule has 0 bridgehead atoms. The molecule has 0 saturated heterocycles. The van der Waals surface area contributed by atoms with Crippen molar-refractivity contribution in [2.24, 2.45) is 0 Å². The highest BCUT2D eigenvalue weighted by Crippen LogP contribution is 2.39. The Balaban J connectivity index is 1.47. The molecule has 2 aromatic carbocycles. The zero-order valence-corrected chi connectivity index (χ0v) is 23.4. The second-order valence-corrected chi connectivity index (χ2v) is 10.0. The summed E-state index contributed by atoms with van der Waals surface area (Å²) in [5.41, 5.74) is 7.63. The summed E-state index contributed by atoms with van der Waals surface area (Å²) in [6.45, 7) is 2.95. The lowest BCUT2D eigenvalue weighted by Gasteiger charge is -2.14. The van der Waals surface area contributed by atoms with Crippen LogP contribution in [0.2, 0.25) is 0 Å². The molecule has 0 aliphatic heterocycles. The van der Waals surface area contributed by atoms with Gasteiger partial charge in [-0.1, -0.05) is 40.2 Å². The van der Waals surface area contributed by atoms with Gasteiger partial charge >= 0.3 is 0 Å². The number of aryl methyl sites for hydroxylation is 5. The number of pyridine rings is 1. The van der Waals surface area contributed by atoms with Gasteiger partial charge in [0.2, 0.25) is 5.88 Å². The molecule has 11 heteroatoms. The molecule has 4 aromatic heterocycles. The Morgan fingerprint density at radius 2 is 1.95 bits per heavy atom. The number of aromatic amines is 1. The second kappa shape index (κ2) is 12.0. The zero-order valence-electron chi connectivity index (χ0n) is 23.4. The molecule has 6 rings (SSSR count). The van der Waals surface area contributed by atoms with Gasteiger partial charge in [0.25, 0.3) is 5.91 Å². The van der Waals surface area contributed by atoms with Crippen LogP contribution >= 0.6 is 0 Å². The Hall–Kier alpha value is -5.32. The maximum absolute atomic E-state index is 13.2. The Morgan fingerprint density at radius 3 is 2.71 bits per heavy atom. The van der Waals surface area contributed by atoms with Crippen molar-refractivity contribution in [1.82, 2.24) is 40.6 Å². The summed E-state index contributed by atoms with van der Waals surface area (Å²) in [5.74, 6) is 0.957. The SMILES string of the molecule is COc1ncccc1-c1c(CCc2ccc(C)cc2)c2cc(C(=O)NCc3ccon3)ccc2n1CCc1nn[nH]n1. The van der Waals surface area contributed by atoms with Gasteiger partial charge in [0.05, 0.1) is 24.9 Å². The van der Waals surface area contributed by atoms with E-state index in [1.165, 1.54) is 17.4 Å². The van der Waals surface area contributed by atoms with Gasteiger partial charge in [0.15, 0.2) is 5.82 Å². The van der Waals surface area contributed by atoms with E-state index >= 15 is 0 Å². The predicted molar refractivity (Wildman–Crippen MR) is 156 cm³/mol. The van der Waals surface area contributed by atoms with E-state index in [9.17, 15) is 4.79 Å². The minimum atomic E-state index is -0.190. The van der Waals surface area contributed by atoms with Gasteiger partial charge in [-0.05, 0) is 61.2 Å². The summed E-state index contributed by atoms with van der Waals surface area (Å²) >= 11 is 0. The second-order valence-electron chi connectivity index (χ2n) is 10.0. The van der Waals surface area contributed by atoms with Crippen LogP contribution in [0.25, 0.3) is 22.2 Å². The summed E-state index contributed by atoms with van der Waals surface area (Å²) in [6.07, 6.45) is 5.33. The van der Waals surface area contributed by atoms with Gasteiger partial charge < -0.3 is 19.1 Å². The fourth-order valence-corrected chi connectivity index (χ4v) is 5.22. The predicted octanol–water partition coefficient (Wildman–Crippen LogP) is 4.48. The number of H-pyrrole nitrogens is 1. The van der Waals surface area contributed by atoms with E-state index in [0.29, 0.717) is 35.9 Å². The molecule has 0 saturated carbocycles. The first-order valence-corrected chi connectivity index (χ1v) is 13.7. The van der Waals surface area contributed by atoms with Crippen molar-refractivity contribution in [3.05, 3.63) is 107 Å². The van der Waals surface area contributed by atoms with Crippen LogP contribution in [0.4, 0.5) is 0 Å². The number of hydrogen-bond acceptors (Lipinski definition) is 8. The number of ether oxygens (including phenoxy) is 1. The van der Waals surface area contributed by atoms with Crippen molar-refractivity contribution in [1.29, 1.82) is 0 Å². The molecule has 0 fully saturated rings. The van der Waals surface area contributed by atoms with Crippen LogP contribution in [0.1, 0.15) is 38.6 Å². The van der Waals surface area contributed by atoms with Crippen LogP contribution in [-0.2, 0) is 32.4 Å². The van der Waals surface area contributed by atoms with Gasteiger partial charge in [-0.3, -0.25) is 4.79 Å². The quantitative estimate of drug-likeness (QED) is 0.236. The van der Waals surface area contributed by atoms with E-state index in [2.05, 4.69) is 71.8 Å². The van der Waals surface area contributed by atoms with Gasteiger partial charge in [-0.15, -0.1) is 10.2 Å². The van der Waals surface area contributed by atoms with E-state index in [1.54, 1.807) is 19.4 Å². The largest absolute Gasteiger partial charge is 0.481 e. The highest BCUT2D eigenvalue weighted by atomic mass is 16.5. The first kappa shape index (κ1) is 26.9. The number of aromatic nitrogens is 7. The van der Waals surface area contributed by atoms with Crippen LogP contribution in [0.15, 0.2) is 77.6 Å². The number of rotatable bonds is 11. The molecule has 212 valence electrons. The lowest BCUT2D eigenvalue weighted by atomic mass is 9.97. The monoisotopic (exact) mass is 562 g/mol. The Labute approximate surface area is 241 Å². The maximum Gasteiger partial charge on any atom is 0.251 e. The van der Waals surface area contributed by atoms with E-state index in [1.807, 2.05) is 30.3 Å². The van der Waals surface area contributed by atoms with Crippen molar-refractivity contribution >= 4 is 16.8 Å². The molecule has 0 unspecified atom stereocenters. The number of carbonyl (C=O) groups excluding carboxylic acids is 1. The van der Waals surface area contributed by atoms with Gasteiger partial charge in [-0.25, -0.2) is 4.98 Å². The minimum absolute atomic E-state index is 0.190. The van der Waals surface area contributed by atoms with Crippen LogP contribution < -0.4 is 10.1 Å². The van der Waals surface area contributed by atoms with E-state index in [4.69, 9.17) is 9.26 Å². The summed E-state index contributed by atoms with van der Waals surface area (Å²) in [6, 6.07) is 20.1. The van der Waals surface area contributed by atoms with Crippen LogP contribution in [0.5, 0.6) is 5.88 Å². The number of nitrogens with one attached hydrogen (secondary N) is 2. The number of methoxy groups -OCH3 is 1. The van der Waals surface area contributed by atoms with Gasteiger partial charge in [0.1, 0.15) is 12.0 Å². The molecule has 4 heterocycles. The standard InChI is InChI=1S/C31H30N8O3/c1-20-5-7-21(8-6-20)9-11-24-26-18-22(30(40)33-19-23-14-17-42-36-23)10-12-27(26)39(16-13-28-34-37-38-35-28)29(24)25-4-3-15-32-31(25)41-2/h3-8,10,12,14-15,17-18H,9,11,13,16,19H2,1-2H3,(H,33,40)(H,34,35,37,38). The first-order valence-electron chi connectivity index (χ1n) is 13.7. The summed E-state index contributed by atoms with van der Waals surface area (Å²) in [5, 5.41) is 22.4. The Kier molecular flexibility index (Phi) is 7.71. The number of carbonyl (C=O) groups is 1. The smallest absolute Gasteiger partial charge is 0.251 e. The number of tetrazole rings is 1. The summed E-state index contributed by atoms with van der Waals surface area (Å²) in [7, 11) is 1.63. The normalized spacial score (nSPS) is 11.2. The zero-order chi connectivity index (χ0) is 28.9. The number of benzene rings is 2. The molecular formula is C31H30N8O3. The summed E-state index contributed by atoms with van der Waals surface area (Å²) < 4.78 is 12.9. The van der Waals surface area contributed by atoms with Crippen molar-refractivity contribution < 1.29 is 14.1 Å². The van der Waals surface area contributed by atoms with Crippen molar-refractivity contribution in [3.8, 4) is 17.1 Å². The molecule has 0 radical (unpaired) electrons. The molecule has 1 amide bonds. The van der Waals surface area contributed by atoms with Crippen LogP contribution in [0.3, 0.4) is 0 Å². The number of fused-ring (bicyclic) bond motifs is 1. The lowest BCUT2D eigenvalue weighted by Crippen LogP contribution is -2.22. The number of amides is 1.